The van der Waals surface area contributed by atoms with Crippen LogP contribution in [0.15, 0.2) is 59.2 Å². The second-order valence-corrected chi connectivity index (χ2v) is 5.68. The van der Waals surface area contributed by atoms with Gasteiger partial charge in [0.2, 0.25) is 5.89 Å². The Morgan fingerprint density at radius 2 is 1.83 bits per heavy atom. The number of carbonyl (C=O) groups is 1. The van der Waals surface area contributed by atoms with E-state index in [2.05, 4.69) is 4.98 Å². The minimum Gasteiger partial charge on any atom is -0.487 e. The van der Waals surface area contributed by atoms with Crippen LogP contribution in [0.5, 0.6) is 5.75 Å². The number of aromatic nitrogens is 1. The highest BCUT2D eigenvalue weighted by atomic mass is 35.5. The molecule has 0 amide bonds. The number of halogens is 1. The van der Waals surface area contributed by atoms with Crippen molar-refractivity contribution in [2.24, 2.45) is 0 Å². The molecule has 1 aromatic heterocycles. The molecule has 122 valence electrons. The molecule has 2 aromatic carbocycles. The first-order chi connectivity index (χ1) is 11.7. The maximum absolute atomic E-state index is 11.6. The third-order valence-corrected chi connectivity index (χ3v) is 3.78. The molecule has 0 radical (unpaired) electrons. The number of benzene rings is 2. The van der Waals surface area contributed by atoms with E-state index in [-0.39, 0.29) is 12.4 Å². The molecular weight excluding hydrogens is 326 g/mol. The van der Waals surface area contributed by atoms with Crippen LogP contribution in [0.4, 0.5) is 0 Å². The van der Waals surface area contributed by atoms with E-state index in [1.165, 1.54) is 0 Å². The van der Waals surface area contributed by atoms with Gasteiger partial charge in [-0.15, -0.1) is 0 Å². The fourth-order valence-electron chi connectivity index (χ4n) is 2.20. The highest BCUT2D eigenvalue weighted by Crippen LogP contribution is 2.22. The number of hydrogen-bond acceptors (Lipinski definition) is 4. The van der Waals surface area contributed by atoms with Gasteiger partial charge in [-0.2, -0.15) is 0 Å². The summed E-state index contributed by atoms with van der Waals surface area (Å²) in [6.07, 6.45) is 2.06. The monoisotopic (exact) mass is 341 g/mol. The summed E-state index contributed by atoms with van der Waals surface area (Å²) in [5.41, 5.74) is 2.23. The molecule has 0 atom stereocenters. The molecule has 0 aliphatic heterocycles. The quantitative estimate of drug-likeness (QED) is 0.580. The second-order valence-electron chi connectivity index (χ2n) is 5.24. The van der Waals surface area contributed by atoms with E-state index >= 15 is 0 Å². The van der Waals surface area contributed by atoms with Crippen molar-refractivity contribution in [2.75, 3.05) is 0 Å². The van der Waals surface area contributed by atoms with Crippen LogP contribution in [0.25, 0.3) is 11.5 Å². The van der Waals surface area contributed by atoms with Crippen LogP contribution < -0.4 is 4.74 Å². The van der Waals surface area contributed by atoms with Crippen molar-refractivity contribution in [3.8, 4) is 17.2 Å². The molecule has 0 spiro atoms. The van der Waals surface area contributed by atoms with Crippen LogP contribution in [0.2, 0.25) is 5.02 Å². The lowest BCUT2D eigenvalue weighted by Crippen LogP contribution is -1.98. The fourth-order valence-corrected chi connectivity index (χ4v) is 2.32. The Balaban J connectivity index is 1.63. The summed E-state index contributed by atoms with van der Waals surface area (Å²) in [4.78, 5) is 16.0. The van der Waals surface area contributed by atoms with Gasteiger partial charge in [0, 0.05) is 22.6 Å². The van der Waals surface area contributed by atoms with Crippen molar-refractivity contribution < 1.29 is 13.9 Å². The summed E-state index contributed by atoms with van der Waals surface area (Å²) < 4.78 is 11.1. The van der Waals surface area contributed by atoms with E-state index in [4.69, 9.17) is 20.8 Å². The standard InChI is InChI=1S/C19H16ClNO3/c1-2-18(22)13-5-9-17(10-6-13)23-11-16-12-24-19(21-16)14-3-7-15(20)8-4-14/h3-10,12H,2,11H2,1H3. The molecule has 0 fully saturated rings. The molecule has 5 heteroatoms. The predicted molar refractivity (Wildman–Crippen MR) is 92.3 cm³/mol. The number of hydrogen-bond donors (Lipinski definition) is 0. The molecule has 24 heavy (non-hydrogen) atoms. The van der Waals surface area contributed by atoms with E-state index in [1.807, 2.05) is 19.1 Å². The number of ketones is 1. The lowest BCUT2D eigenvalue weighted by Gasteiger charge is -2.04. The van der Waals surface area contributed by atoms with Gasteiger partial charge in [-0.05, 0) is 48.5 Å². The molecule has 1 heterocycles. The first kappa shape index (κ1) is 16.3. The Bertz CT molecular complexity index is 823. The SMILES string of the molecule is CCC(=O)c1ccc(OCc2coc(-c3ccc(Cl)cc3)n2)cc1. The Morgan fingerprint density at radius 3 is 2.50 bits per heavy atom. The summed E-state index contributed by atoms with van der Waals surface area (Å²) in [5, 5.41) is 0.666. The molecule has 0 saturated carbocycles. The molecular formula is C19H16ClNO3. The van der Waals surface area contributed by atoms with Crippen molar-refractivity contribution in [1.29, 1.82) is 0 Å². The van der Waals surface area contributed by atoms with Gasteiger partial charge >= 0.3 is 0 Å². The molecule has 3 rings (SSSR count). The summed E-state index contributed by atoms with van der Waals surface area (Å²) in [6.45, 7) is 2.13. The Labute approximate surface area is 145 Å². The highest BCUT2D eigenvalue weighted by Gasteiger charge is 2.08. The number of nitrogens with zero attached hydrogens (tertiary/aromatic N) is 1. The topological polar surface area (TPSA) is 52.3 Å². The van der Waals surface area contributed by atoms with Crippen molar-refractivity contribution in [2.45, 2.75) is 20.0 Å². The van der Waals surface area contributed by atoms with Gasteiger partial charge in [-0.3, -0.25) is 4.79 Å². The molecule has 0 aliphatic rings. The number of carbonyl (C=O) groups excluding carboxylic acids is 1. The van der Waals surface area contributed by atoms with Gasteiger partial charge in [-0.1, -0.05) is 18.5 Å². The largest absolute Gasteiger partial charge is 0.487 e. The second kappa shape index (κ2) is 7.32. The average molecular weight is 342 g/mol. The molecule has 0 unspecified atom stereocenters. The van der Waals surface area contributed by atoms with Crippen molar-refractivity contribution >= 4 is 17.4 Å². The molecule has 0 N–H and O–H groups in total. The third kappa shape index (κ3) is 3.84. The average Bonchev–Trinajstić information content (AvgIpc) is 3.09. The summed E-state index contributed by atoms with van der Waals surface area (Å²) in [5.74, 6) is 1.32. The number of rotatable bonds is 6. The first-order valence-electron chi connectivity index (χ1n) is 7.62. The minimum atomic E-state index is 0.116. The number of ether oxygens (including phenoxy) is 1. The summed E-state index contributed by atoms with van der Waals surface area (Å²) in [6, 6.07) is 14.4. The summed E-state index contributed by atoms with van der Waals surface area (Å²) >= 11 is 5.87. The Hall–Kier alpha value is -2.59. The lowest BCUT2D eigenvalue weighted by molar-refractivity contribution is 0.0988. The van der Waals surface area contributed by atoms with Crippen LogP contribution in [0.3, 0.4) is 0 Å². The Morgan fingerprint density at radius 1 is 1.12 bits per heavy atom. The maximum atomic E-state index is 11.6. The lowest BCUT2D eigenvalue weighted by atomic mass is 10.1. The van der Waals surface area contributed by atoms with Crippen LogP contribution in [0, 0.1) is 0 Å². The van der Waals surface area contributed by atoms with Gasteiger partial charge < -0.3 is 9.15 Å². The van der Waals surface area contributed by atoms with Crippen LogP contribution in [0.1, 0.15) is 29.4 Å². The zero-order valence-electron chi connectivity index (χ0n) is 13.2. The number of oxazole rings is 1. The zero-order chi connectivity index (χ0) is 16.9. The van der Waals surface area contributed by atoms with Gasteiger partial charge in [0.05, 0.1) is 0 Å². The van der Waals surface area contributed by atoms with Crippen LogP contribution in [-0.2, 0) is 6.61 Å². The highest BCUT2D eigenvalue weighted by molar-refractivity contribution is 6.30. The molecule has 0 bridgehead atoms. The van der Waals surface area contributed by atoms with E-state index in [1.54, 1.807) is 42.7 Å². The molecule has 0 aliphatic carbocycles. The third-order valence-electron chi connectivity index (χ3n) is 3.53. The van der Waals surface area contributed by atoms with E-state index in [0.717, 1.165) is 5.56 Å². The zero-order valence-corrected chi connectivity index (χ0v) is 13.9. The van der Waals surface area contributed by atoms with Crippen LogP contribution >= 0.6 is 11.6 Å². The van der Waals surface area contributed by atoms with Crippen molar-refractivity contribution in [1.82, 2.24) is 4.98 Å². The van der Waals surface area contributed by atoms with E-state index in [9.17, 15) is 4.79 Å². The van der Waals surface area contributed by atoms with E-state index in [0.29, 0.717) is 34.3 Å². The molecule has 4 nitrogen and oxygen atoms in total. The molecule has 0 saturated heterocycles. The van der Waals surface area contributed by atoms with Gasteiger partial charge in [0.1, 0.15) is 24.3 Å². The maximum Gasteiger partial charge on any atom is 0.226 e. The van der Waals surface area contributed by atoms with Crippen molar-refractivity contribution in [3.05, 3.63) is 71.1 Å². The Kier molecular flexibility index (Phi) is 4.96. The smallest absolute Gasteiger partial charge is 0.226 e. The fraction of sp³-hybridized carbons (Fsp3) is 0.158. The summed E-state index contributed by atoms with van der Waals surface area (Å²) in [7, 11) is 0. The normalized spacial score (nSPS) is 10.6. The predicted octanol–water partition coefficient (Wildman–Crippen LogP) is 5.17. The minimum absolute atomic E-state index is 0.116. The van der Waals surface area contributed by atoms with Gasteiger partial charge in [0.25, 0.3) is 0 Å². The van der Waals surface area contributed by atoms with Gasteiger partial charge in [0.15, 0.2) is 5.78 Å². The van der Waals surface area contributed by atoms with Crippen molar-refractivity contribution in [3.63, 3.8) is 0 Å². The van der Waals surface area contributed by atoms with E-state index < -0.39 is 0 Å². The van der Waals surface area contributed by atoms with Gasteiger partial charge in [-0.25, -0.2) is 4.98 Å². The van der Waals surface area contributed by atoms with Crippen LogP contribution in [-0.4, -0.2) is 10.8 Å². The molecule has 3 aromatic rings. The first-order valence-corrected chi connectivity index (χ1v) is 8.00. The number of Topliss-reactive ketones (excluding diaryl/α,β-unsaturated/α-hetero) is 1.